The summed E-state index contributed by atoms with van der Waals surface area (Å²) in [6.07, 6.45) is -2.64. The van der Waals surface area contributed by atoms with Gasteiger partial charge in [-0.1, -0.05) is 13.8 Å². The van der Waals surface area contributed by atoms with E-state index in [0.29, 0.717) is 12.4 Å². The smallest absolute Gasteiger partial charge is 0.356 e. The van der Waals surface area contributed by atoms with Crippen LogP contribution in [0.1, 0.15) is 25.8 Å². The highest BCUT2D eigenvalue weighted by molar-refractivity contribution is 5.41. The molecule has 0 radical (unpaired) electrons. The highest BCUT2D eigenvalue weighted by atomic mass is 19.4. The van der Waals surface area contributed by atoms with Crippen LogP contribution in [-0.2, 0) is 6.18 Å². The van der Waals surface area contributed by atoms with E-state index in [4.69, 9.17) is 5.73 Å². The maximum absolute atomic E-state index is 12.5. The van der Waals surface area contributed by atoms with Gasteiger partial charge in [0.25, 0.3) is 0 Å². The molecule has 1 atom stereocenters. The van der Waals surface area contributed by atoms with E-state index in [9.17, 15) is 13.2 Å². The fraction of sp³-hybridized carbons (Fsp3) is 0.615. The summed E-state index contributed by atoms with van der Waals surface area (Å²) >= 11 is 0. The van der Waals surface area contributed by atoms with E-state index in [-0.39, 0.29) is 11.5 Å². The van der Waals surface area contributed by atoms with Gasteiger partial charge in [0.15, 0.2) is 0 Å². The lowest BCUT2D eigenvalue weighted by atomic mass is 9.80. The second-order valence-electron chi connectivity index (χ2n) is 5.71. The molecule has 6 heteroatoms. The second-order valence-corrected chi connectivity index (χ2v) is 5.71. The molecule has 1 aliphatic heterocycles. The van der Waals surface area contributed by atoms with E-state index < -0.39 is 11.7 Å². The molecule has 2 heterocycles. The Labute approximate surface area is 110 Å². The number of nitrogens with zero attached hydrogens (tertiary/aromatic N) is 2. The lowest BCUT2D eigenvalue weighted by Crippen LogP contribution is -2.52. The average Bonchev–Trinajstić information content (AvgIpc) is 2.32. The number of pyridine rings is 1. The first kappa shape index (κ1) is 14.1. The van der Waals surface area contributed by atoms with Gasteiger partial charge in [-0.25, -0.2) is 4.98 Å². The Balaban J connectivity index is 2.15. The molecule has 19 heavy (non-hydrogen) atoms. The maximum Gasteiger partial charge on any atom is 0.417 e. The fourth-order valence-corrected chi connectivity index (χ4v) is 2.31. The van der Waals surface area contributed by atoms with Crippen molar-refractivity contribution in [3.63, 3.8) is 0 Å². The molecule has 0 bridgehead atoms. The Morgan fingerprint density at radius 3 is 2.53 bits per heavy atom. The molecule has 106 valence electrons. The van der Waals surface area contributed by atoms with Crippen LogP contribution in [0.25, 0.3) is 0 Å². The van der Waals surface area contributed by atoms with E-state index in [1.807, 2.05) is 4.90 Å². The first-order valence-electron chi connectivity index (χ1n) is 6.24. The molecule has 0 saturated carbocycles. The third-order valence-electron chi connectivity index (χ3n) is 3.71. The lowest BCUT2D eigenvalue weighted by molar-refractivity contribution is -0.137. The van der Waals surface area contributed by atoms with Gasteiger partial charge in [0.1, 0.15) is 5.82 Å². The third-order valence-corrected chi connectivity index (χ3v) is 3.71. The molecular formula is C13H18F3N3. The van der Waals surface area contributed by atoms with Crippen molar-refractivity contribution < 1.29 is 13.2 Å². The zero-order valence-corrected chi connectivity index (χ0v) is 11.0. The lowest BCUT2D eigenvalue weighted by Gasteiger charge is -2.43. The first-order chi connectivity index (χ1) is 8.70. The van der Waals surface area contributed by atoms with Crippen molar-refractivity contribution >= 4 is 5.82 Å². The average molecular weight is 273 g/mol. The molecule has 1 aromatic heterocycles. The monoisotopic (exact) mass is 273 g/mol. The Morgan fingerprint density at radius 2 is 2.05 bits per heavy atom. The summed E-state index contributed by atoms with van der Waals surface area (Å²) in [6, 6.07) is 2.61. The van der Waals surface area contributed by atoms with Gasteiger partial charge in [-0.3, -0.25) is 0 Å². The molecule has 1 saturated heterocycles. The maximum atomic E-state index is 12.5. The van der Waals surface area contributed by atoms with Gasteiger partial charge in [-0.15, -0.1) is 0 Å². The molecule has 1 aliphatic rings. The minimum atomic E-state index is -4.34. The number of hydrogen-bond acceptors (Lipinski definition) is 3. The summed E-state index contributed by atoms with van der Waals surface area (Å²) < 4.78 is 37.4. The highest BCUT2D eigenvalue weighted by Gasteiger charge is 2.35. The van der Waals surface area contributed by atoms with Crippen molar-refractivity contribution in [3.8, 4) is 0 Å². The second kappa shape index (κ2) is 4.67. The SMILES string of the molecule is CC1(C)CN(c2ccc(C(F)(F)F)cn2)CCC1N. The summed E-state index contributed by atoms with van der Waals surface area (Å²) in [4.78, 5) is 5.91. The van der Waals surface area contributed by atoms with Gasteiger partial charge in [0.2, 0.25) is 0 Å². The quantitative estimate of drug-likeness (QED) is 0.855. The van der Waals surface area contributed by atoms with Crippen LogP contribution in [0.5, 0.6) is 0 Å². The van der Waals surface area contributed by atoms with Crippen molar-refractivity contribution in [2.24, 2.45) is 11.1 Å². The Kier molecular flexibility index (Phi) is 3.47. The first-order valence-corrected chi connectivity index (χ1v) is 6.24. The van der Waals surface area contributed by atoms with Crippen LogP contribution in [0.2, 0.25) is 0 Å². The molecular weight excluding hydrogens is 255 g/mol. The number of nitrogens with two attached hydrogens (primary N) is 1. The number of piperidine rings is 1. The minimum Gasteiger partial charge on any atom is -0.356 e. The van der Waals surface area contributed by atoms with Gasteiger partial charge in [0.05, 0.1) is 5.56 Å². The van der Waals surface area contributed by atoms with E-state index in [1.54, 1.807) is 0 Å². The predicted molar refractivity (Wildman–Crippen MR) is 67.8 cm³/mol. The van der Waals surface area contributed by atoms with Crippen molar-refractivity contribution in [3.05, 3.63) is 23.9 Å². The van der Waals surface area contributed by atoms with Crippen LogP contribution >= 0.6 is 0 Å². The third kappa shape index (κ3) is 3.00. The molecule has 1 aromatic rings. The van der Waals surface area contributed by atoms with Crippen LogP contribution in [0.4, 0.5) is 19.0 Å². The van der Waals surface area contributed by atoms with Gasteiger partial charge in [0, 0.05) is 25.3 Å². The van der Waals surface area contributed by atoms with Gasteiger partial charge >= 0.3 is 6.18 Å². The summed E-state index contributed by atoms with van der Waals surface area (Å²) in [7, 11) is 0. The molecule has 2 N–H and O–H groups in total. The number of anilines is 1. The van der Waals surface area contributed by atoms with E-state index >= 15 is 0 Å². The van der Waals surface area contributed by atoms with E-state index in [1.165, 1.54) is 6.07 Å². The van der Waals surface area contributed by atoms with E-state index in [0.717, 1.165) is 25.2 Å². The van der Waals surface area contributed by atoms with Crippen LogP contribution in [-0.4, -0.2) is 24.1 Å². The molecule has 0 aromatic carbocycles. The Bertz CT molecular complexity index is 439. The topological polar surface area (TPSA) is 42.2 Å². The number of aromatic nitrogens is 1. The molecule has 2 rings (SSSR count). The number of halogens is 3. The van der Waals surface area contributed by atoms with Crippen LogP contribution < -0.4 is 10.6 Å². The largest absolute Gasteiger partial charge is 0.417 e. The highest BCUT2D eigenvalue weighted by Crippen LogP contribution is 2.32. The summed E-state index contributed by atoms with van der Waals surface area (Å²) in [5, 5.41) is 0. The Morgan fingerprint density at radius 1 is 1.37 bits per heavy atom. The molecule has 1 fully saturated rings. The van der Waals surface area contributed by atoms with Crippen LogP contribution in [0.15, 0.2) is 18.3 Å². The van der Waals surface area contributed by atoms with Gasteiger partial charge < -0.3 is 10.6 Å². The van der Waals surface area contributed by atoms with Crippen LogP contribution in [0, 0.1) is 5.41 Å². The number of rotatable bonds is 1. The predicted octanol–water partition coefficient (Wildman–Crippen LogP) is 2.66. The zero-order chi connectivity index (χ0) is 14.3. The van der Waals surface area contributed by atoms with Gasteiger partial charge in [-0.2, -0.15) is 13.2 Å². The fourth-order valence-electron chi connectivity index (χ4n) is 2.31. The molecule has 0 aliphatic carbocycles. The molecule has 0 spiro atoms. The van der Waals surface area contributed by atoms with E-state index in [2.05, 4.69) is 18.8 Å². The van der Waals surface area contributed by atoms with Crippen molar-refractivity contribution in [2.75, 3.05) is 18.0 Å². The number of alkyl halides is 3. The molecule has 0 amide bonds. The minimum absolute atomic E-state index is 0.0668. The summed E-state index contributed by atoms with van der Waals surface area (Å²) in [6.45, 7) is 5.55. The Hall–Kier alpha value is -1.30. The summed E-state index contributed by atoms with van der Waals surface area (Å²) in [5.41, 5.74) is 5.25. The zero-order valence-electron chi connectivity index (χ0n) is 11.0. The number of hydrogen-bond donors (Lipinski definition) is 1. The van der Waals surface area contributed by atoms with Gasteiger partial charge in [-0.05, 0) is 24.0 Å². The normalized spacial score (nSPS) is 23.5. The van der Waals surface area contributed by atoms with Crippen LogP contribution in [0.3, 0.4) is 0 Å². The van der Waals surface area contributed by atoms with Crippen molar-refractivity contribution in [2.45, 2.75) is 32.5 Å². The molecule has 3 nitrogen and oxygen atoms in total. The van der Waals surface area contributed by atoms with Crippen molar-refractivity contribution in [1.29, 1.82) is 0 Å². The van der Waals surface area contributed by atoms with Crippen molar-refractivity contribution in [1.82, 2.24) is 4.98 Å². The summed E-state index contributed by atoms with van der Waals surface area (Å²) in [5.74, 6) is 0.577. The standard InChI is InChI=1S/C13H18F3N3/c1-12(2)8-19(6-5-10(12)17)11-4-3-9(7-18-11)13(14,15)16/h3-4,7,10H,5-6,8,17H2,1-2H3. The molecule has 1 unspecified atom stereocenters.